The van der Waals surface area contributed by atoms with E-state index in [1.165, 1.54) is 15.3 Å². The Morgan fingerprint density at radius 3 is 2.40 bits per heavy atom. The van der Waals surface area contributed by atoms with Crippen LogP contribution in [0.15, 0.2) is 64.5 Å². The summed E-state index contributed by atoms with van der Waals surface area (Å²) in [6.45, 7) is 4.33. The van der Waals surface area contributed by atoms with E-state index in [0.717, 1.165) is 5.56 Å². The lowest BCUT2D eigenvalue weighted by Gasteiger charge is -2.23. The summed E-state index contributed by atoms with van der Waals surface area (Å²) in [6.07, 6.45) is 1.41. The molecule has 1 aliphatic heterocycles. The lowest BCUT2D eigenvalue weighted by atomic mass is 10.2. The van der Waals surface area contributed by atoms with Gasteiger partial charge in [0.1, 0.15) is 5.56 Å². The number of morpholine rings is 1. The van der Waals surface area contributed by atoms with Gasteiger partial charge < -0.3 is 9.84 Å². The third kappa shape index (κ3) is 3.79. The number of rotatable bonds is 4. The van der Waals surface area contributed by atoms with Gasteiger partial charge in [0.05, 0.1) is 43.9 Å². The normalized spacial score (nSPS) is 14.4. The SMILES string of the molecule is Cc1ccccc1-n1c(O)c(/C=N/N2CCOCC2)c(=O)n(-c2ccccc2)c1=S. The zero-order valence-electron chi connectivity index (χ0n) is 16.6. The highest BCUT2D eigenvalue weighted by Crippen LogP contribution is 2.23. The lowest BCUT2D eigenvalue weighted by molar-refractivity contribution is 0.0396. The van der Waals surface area contributed by atoms with Gasteiger partial charge in [-0.25, -0.2) is 0 Å². The molecule has 7 nitrogen and oxygen atoms in total. The third-order valence-electron chi connectivity index (χ3n) is 4.98. The number of hydrogen-bond acceptors (Lipinski definition) is 6. The van der Waals surface area contributed by atoms with E-state index in [2.05, 4.69) is 5.10 Å². The van der Waals surface area contributed by atoms with Crippen molar-refractivity contribution in [2.45, 2.75) is 6.92 Å². The van der Waals surface area contributed by atoms with Crippen LogP contribution in [0.4, 0.5) is 0 Å². The summed E-state index contributed by atoms with van der Waals surface area (Å²) in [5.74, 6) is -0.233. The predicted octanol–water partition coefficient (Wildman–Crippen LogP) is 3.04. The molecule has 0 saturated carbocycles. The number of aryl methyl sites for hydroxylation is 1. The number of aromatic nitrogens is 2. The molecular weight excluding hydrogens is 400 g/mol. The second-order valence-electron chi connectivity index (χ2n) is 6.93. The Bertz CT molecular complexity index is 1200. The van der Waals surface area contributed by atoms with Crippen molar-refractivity contribution in [2.24, 2.45) is 5.10 Å². The number of aromatic hydroxyl groups is 1. The van der Waals surface area contributed by atoms with Crippen molar-refractivity contribution in [2.75, 3.05) is 26.3 Å². The van der Waals surface area contributed by atoms with E-state index in [-0.39, 0.29) is 16.2 Å². The number of nitrogens with zero attached hydrogens (tertiary/aromatic N) is 4. The summed E-state index contributed by atoms with van der Waals surface area (Å²) in [4.78, 5) is 13.3. The van der Waals surface area contributed by atoms with Crippen molar-refractivity contribution in [3.05, 3.63) is 80.8 Å². The van der Waals surface area contributed by atoms with Gasteiger partial charge >= 0.3 is 0 Å². The summed E-state index contributed by atoms with van der Waals surface area (Å²) in [6, 6.07) is 16.7. The summed E-state index contributed by atoms with van der Waals surface area (Å²) >= 11 is 5.65. The number of hydrogen-bond donors (Lipinski definition) is 1. The van der Waals surface area contributed by atoms with Crippen LogP contribution in [0.5, 0.6) is 5.88 Å². The number of ether oxygens (including phenoxy) is 1. The third-order valence-corrected chi connectivity index (χ3v) is 5.34. The Kier molecular flexibility index (Phi) is 5.78. The second-order valence-corrected chi connectivity index (χ2v) is 7.29. The van der Waals surface area contributed by atoms with Crippen LogP contribution in [-0.2, 0) is 4.74 Å². The second kappa shape index (κ2) is 8.64. The average Bonchev–Trinajstić information content (AvgIpc) is 2.76. The predicted molar refractivity (Wildman–Crippen MR) is 119 cm³/mol. The minimum absolute atomic E-state index is 0.0715. The Hall–Kier alpha value is -3.23. The van der Waals surface area contributed by atoms with Gasteiger partial charge in [-0.1, -0.05) is 36.4 Å². The highest BCUT2D eigenvalue weighted by molar-refractivity contribution is 7.71. The summed E-state index contributed by atoms with van der Waals surface area (Å²) < 4.78 is 8.45. The van der Waals surface area contributed by atoms with Gasteiger partial charge in [-0.05, 0) is 42.9 Å². The Morgan fingerprint density at radius 2 is 1.70 bits per heavy atom. The molecule has 2 heterocycles. The number of hydrazone groups is 1. The van der Waals surface area contributed by atoms with Crippen molar-refractivity contribution in [3.8, 4) is 17.3 Å². The molecule has 4 rings (SSSR count). The van der Waals surface area contributed by atoms with Gasteiger partial charge in [-0.3, -0.25) is 18.9 Å². The Labute approximate surface area is 179 Å². The van der Waals surface area contributed by atoms with Crippen LogP contribution in [0.3, 0.4) is 0 Å². The molecule has 0 atom stereocenters. The molecule has 0 amide bonds. The van der Waals surface area contributed by atoms with E-state index >= 15 is 0 Å². The molecule has 30 heavy (non-hydrogen) atoms. The fraction of sp³-hybridized carbons (Fsp3) is 0.227. The van der Waals surface area contributed by atoms with Crippen molar-refractivity contribution >= 4 is 18.4 Å². The van der Waals surface area contributed by atoms with Gasteiger partial charge in [-0.15, -0.1) is 0 Å². The van der Waals surface area contributed by atoms with Crippen LogP contribution < -0.4 is 5.56 Å². The van der Waals surface area contributed by atoms with Crippen LogP contribution >= 0.6 is 12.2 Å². The number of benzene rings is 2. The van der Waals surface area contributed by atoms with E-state index in [9.17, 15) is 9.90 Å². The average molecular weight is 423 g/mol. The maximum Gasteiger partial charge on any atom is 0.271 e. The topological polar surface area (TPSA) is 72.0 Å². The molecule has 8 heteroatoms. The molecular formula is C22H22N4O3S. The minimum atomic E-state index is -0.425. The molecule has 0 bridgehead atoms. The molecule has 1 N–H and O–H groups in total. The van der Waals surface area contributed by atoms with Crippen LogP contribution in [0, 0.1) is 11.7 Å². The first kappa shape index (κ1) is 20.1. The van der Waals surface area contributed by atoms with Gasteiger partial charge in [0.2, 0.25) is 5.88 Å². The largest absolute Gasteiger partial charge is 0.494 e. The number of para-hydroxylation sites is 2. The summed E-state index contributed by atoms with van der Waals surface area (Å²) in [5.41, 5.74) is 1.88. The first-order valence-corrected chi connectivity index (χ1v) is 10.1. The summed E-state index contributed by atoms with van der Waals surface area (Å²) in [7, 11) is 0. The van der Waals surface area contributed by atoms with E-state index in [1.807, 2.05) is 54.4 Å². The van der Waals surface area contributed by atoms with Crippen LogP contribution in [0.2, 0.25) is 0 Å². The molecule has 154 valence electrons. The molecule has 1 saturated heterocycles. The van der Waals surface area contributed by atoms with Gasteiger partial charge in [-0.2, -0.15) is 5.10 Å². The Balaban J connectivity index is 1.97. The highest BCUT2D eigenvalue weighted by atomic mass is 32.1. The lowest BCUT2D eigenvalue weighted by Crippen LogP contribution is -2.33. The van der Waals surface area contributed by atoms with E-state index < -0.39 is 5.56 Å². The molecule has 0 spiro atoms. The molecule has 0 unspecified atom stereocenters. The van der Waals surface area contributed by atoms with Crippen LogP contribution in [0.1, 0.15) is 11.1 Å². The highest BCUT2D eigenvalue weighted by Gasteiger charge is 2.19. The maximum atomic E-state index is 13.3. The molecule has 1 aliphatic rings. The standard InChI is InChI=1S/C22H22N4O3S/c1-16-7-5-6-10-19(16)26-21(28)18(15-23-24-11-13-29-14-12-24)20(27)25(22(26)30)17-8-3-2-4-9-17/h2-10,15,28H,11-14H2,1H3/b23-15+. The van der Waals surface area contributed by atoms with Gasteiger partial charge in [0.25, 0.3) is 5.56 Å². The first-order chi connectivity index (χ1) is 14.6. The quantitative estimate of drug-likeness (QED) is 0.517. The molecule has 3 aromatic rings. The van der Waals surface area contributed by atoms with Gasteiger partial charge in [0.15, 0.2) is 4.77 Å². The molecule has 0 radical (unpaired) electrons. The Morgan fingerprint density at radius 1 is 1.03 bits per heavy atom. The van der Waals surface area contributed by atoms with Crippen molar-refractivity contribution in [3.63, 3.8) is 0 Å². The molecule has 0 aliphatic carbocycles. The van der Waals surface area contributed by atoms with Crippen LogP contribution in [0.25, 0.3) is 11.4 Å². The monoisotopic (exact) mass is 422 g/mol. The van der Waals surface area contributed by atoms with Gasteiger partial charge in [0, 0.05) is 0 Å². The van der Waals surface area contributed by atoms with Crippen molar-refractivity contribution in [1.29, 1.82) is 0 Å². The maximum absolute atomic E-state index is 13.3. The molecule has 1 fully saturated rings. The minimum Gasteiger partial charge on any atom is -0.494 e. The summed E-state index contributed by atoms with van der Waals surface area (Å²) in [5, 5.41) is 17.3. The van der Waals surface area contributed by atoms with Crippen LogP contribution in [-0.4, -0.2) is 51.8 Å². The fourth-order valence-electron chi connectivity index (χ4n) is 3.37. The molecule has 1 aromatic heterocycles. The smallest absolute Gasteiger partial charge is 0.271 e. The van der Waals surface area contributed by atoms with Crippen molar-refractivity contribution in [1.82, 2.24) is 14.1 Å². The van der Waals surface area contributed by atoms with Crippen molar-refractivity contribution < 1.29 is 9.84 Å². The fourth-order valence-corrected chi connectivity index (χ4v) is 3.74. The zero-order chi connectivity index (χ0) is 21.1. The van der Waals surface area contributed by atoms with E-state index in [0.29, 0.717) is 37.7 Å². The van der Waals surface area contributed by atoms with E-state index in [4.69, 9.17) is 17.0 Å². The molecule has 2 aromatic carbocycles. The zero-order valence-corrected chi connectivity index (χ0v) is 17.4. The first-order valence-electron chi connectivity index (χ1n) is 9.67. The van der Waals surface area contributed by atoms with E-state index in [1.54, 1.807) is 12.1 Å².